The molecule has 0 bridgehead atoms. The molecular formula is C14H19ClN4O2. The molecule has 1 saturated heterocycles. The van der Waals surface area contributed by atoms with Crippen molar-refractivity contribution in [1.82, 2.24) is 10.2 Å². The van der Waals surface area contributed by atoms with Gasteiger partial charge in [-0.25, -0.2) is 4.79 Å². The van der Waals surface area contributed by atoms with Crippen LogP contribution in [0.25, 0.3) is 0 Å². The molecule has 0 aromatic heterocycles. The minimum Gasteiger partial charge on any atom is -0.368 e. The van der Waals surface area contributed by atoms with Gasteiger partial charge in [-0.3, -0.25) is 4.79 Å². The smallest absolute Gasteiger partial charge is 0.322 e. The Kier molecular flexibility index (Phi) is 5.41. The van der Waals surface area contributed by atoms with Crippen molar-refractivity contribution in [2.24, 2.45) is 5.73 Å². The number of halogens is 1. The van der Waals surface area contributed by atoms with Crippen LogP contribution in [0.2, 0.25) is 5.02 Å². The molecule has 114 valence electrons. The Morgan fingerprint density at radius 3 is 2.62 bits per heavy atom. The first-order valence-corrected chi connectivity index (χ1v) is 7.27. The van der Waals surface area contributed by atoms with Crippen LogP contribution in [0.15, 0.2) is 24.3 Å². The van der Waals surface area contributed by atoms with Crippen LogP contribution in [0.1, 0.15) is 12.8 Å². The van der Waals surface area contributed by atoms with Crippen LogP contribution in [0.5, 0.6) is 0 Å². The van der Waals surface area contributed by atoms with Crippen molar-refractivity contribution in [1.29, 1.82) is 0 Å². The summed E-state index contributed by atoms with van der Waals surface area (Å²) in [5.41, 5.74) is 5.78. The van der Waals surface area contributed by atoms with Gasteiger partial charge in [0.15, 0.2) is 0 Å². The number of nitrogens with zero attached hydrogens (tertiary/aromatic N) is 1. The van der Waals surface area contributed by atoms with Gasteiger partial charge in [-0.15, -0.1) is 0 Å². The van der Waals surface area contributed by atoms with Gasteiger partial charge in [0.2, 0.25) is 5.91 Å². The van der Waals surface area contributed by atoms with Gasteiger partial charge in [-0.1, -0.05) is 23.7 Å². The average Bonchev–Trinajstić information content (AvgIpc) is 2.48. The Bertz CT molecular complexity index is 517. The summed E-state index contributed by atoms with van der Waals surface area (Å²) in [7, 11) is 0. The van der Waals surface area contributed by atoms with E-state index < -0.39 is 5.91 Å². The number of hydrogen-bond donors (Lipinski definition) is 3. The molecule has 1 heterocycles. The lowest BCUT2D eigenvalue weighted by atomic mass is 10.1. The Hall–Kier alpha value is -1.79. The van der Waals surface area contributed by atoms with Gasteiger partial charge >= 0.3 is 6.03 Å². The average molecular weight is 311 g/mol. The molecule has 1 fully saturated rings. The number of hydrogen-bond acceptors (Lipinski definition) is 3. The second kappa shape index (κ2) is 7.28. The van der Waals surface area contributed by atoms with Crippen molar-refractivity contribution in [3.8, 4) is 0 Å². The van der Waals surface area contributed by atoms with E-state index in [-0.39, 0.29) is 18.6 Å². The van der Waals surface area contributed by atoms with E-state index in [0.717, 1.165) is 25.9 Å². The van der Waals surface area contributed by atoms with Crippen molar-refractivity contribution in [3.63, 3.8) is 0 Å². The molecule has 0 saturated carbocycles. The monoisotopic (exact) mass is 310 g/mol. The highest BCUT2D eigenvalue weighted by Gasteiger charge is 2.26. The zero-order valence-electron chi connectivity index (χ0n) is 11.6. The first kappa shape index (κ1) is 15.6. The van der Waals surface area contributed by atoms with E-state index in [2.05, 4.69) is 10.6 Å². The third-order valence-electron chi connectivity index (χ3n) is 3.45. The standard InChI is InChI=1S/C14H19ClN4O2/c15-11-3-1-2-4-12(11)18-14(21)19(9-13(16)20)10-5-7-17-8-6-10/h1-4,10,17H,5-9H2,(H2,16,20)(H,18,21). The molecule has 7 heteroatoms. The van der Waals surface area contributed by atoms with E-state index in [1.807, 2.05) is 0 Å². The topological polar surface area (TPSA) is 87.5 Å². The number of benzene rings is 1. The molecule has 1 aromatic rings. The Morgan fingerprint density at radius 1 is 1.33 bits per heavy atom. The van der Waals surface area contributed by atoms with Gasteiger partial charge in [0.25, 0.3) is 0 Å². The summed E-state index contributed by atoms with van der Waals surface area (Å²) >= 11 is 6.03. The summed E-state index contributed by atoms with van der Waals surface area (Å²) in [6.45, 7) is 1.54. The van der Waals surface area contributed by atoms with Gasteiger partial charge in [-0.05, 0) is 38.1 Å². The van der Waals surface area contributed by atoms with E-state index >= 15 is 0 Å². The molecule has 3 amide bonds. The Morgan fingerprint density at radius 2 is 2.00 bits per heavy atom. The number of urea groups is 1. The predicted molar refractivity (Wildman–Crippen MR) is 82.3 cm³/mol. The number of amides is 3. The van der Waals surface area contributed by atoms with E-state index in [4.69, 9.17) is 17.3 Å². The van der Waals surface area contributed by atoms with E-state index in [0.29, 0.717) is 10.7 Å². The van der Waals surface area contributed by atoms with Crippen molar-refractivity contribution >= 4 is 29.2 Å². The van der Waals surface area contributed by atoms with Crippen molar-refractivity contribution in [3.05, 3.63) is 29.3 Å². The largest absolute Gasteiger partial charge is 0.368 e. The SMILES string of the molecule is NC(=O)CN(C(=O)Nc1ccccc1Cl)C1CCNCC1. The highest BCUT2D eigenvalue weighted by Crippen LogP contribution is 2.22. The third kappa shape index (κ3) is 4.34. The number of anilines is 1. The summed E-state index contributed by atoms with van der Waals surface area (Å²) in [5, 5.41) is 6.42. The Balaban J connectivity index is 2.10. The molecule has 0 radical (unpaired) electrons. The first-order chi connectivity index (χ1) is 10.1. The molecule has 2 rings (SSSR count). The fourth-order valence-electron chi connectivity index (χ4n) is 2.40. The lowest BCUT2D eigenvalue weighted by Crippen LogP contribution is -2.50. The molecule has 0 atom stereocenters. The lowest BCUT2D eigenvalue weighted by Gasteiger charge is -2.33. The molecular weight excluding hydrogens is 292 g/mol. The fourth-order valence-corrected chi connectivity index (χ4v) is 2.59. The van der Waals surface area contributed by atoms with E-state index in [1.54, 1.807) is 24.3 Å². The quantitative estimate of drug-likeness (QED) is 0.786. The van der Waals surface area contributed by atoms with Crippen molar-refractivity contribution in [2.75, 3.05) is 25.0 Å². The first-order valence-electron chi connectivity index (χ1n) is 6.89. The minimum absolute atomic E-state index is 0.00115. The number of carbonyl (C=O) groups excluding carboxylic acids is 2. The van der Waals surface area contributed by atoms with Crippen LogP contribution in [-0.2, 0) is 4.79 Å². The maximum Gasteiger partial charge on any atom is 0.322 e. The minimum atomic E-state index is -0.525. The van der Waals surface area contributed by atoms with E-state index in [9.17, 15) is 9.59 Å². The summed E-state index contributed by atoms with van der Waals surface area (Å²) in [6.07, 6.45) is 1.59. The summed E-state index contributed by atoms with van der Waals surface area (Å²) in [6, 6.07) is 6.62. The van der Waals surface area contributed by atoms with Crippen LogP contribution in [0.4, 0.5) is 10.5 Å². The number of nitrogens with one attached hydrogen (secondary N) is 2. The predicted octanol–water partition coefficient (Wildman–Crippen LogP) is 1.41. The maximum absolute atomic E-state index is 12.4. The van der Waals surface area contributed by atoms with Crippen molar-refractivity contribution < 1.29 is 9.59 Å². The van der Waals surface area contributed by atoms with Crippen LogP contribution in [0, 0.1) is 0 Å². The third-order valence-corrected chi connectivity index (χ3v) is 3.78. The second-order valence-corrected chi connectivity index (χ2v) is 5.39. The van der Waals surface area contributed by atoms with Crippen LogP contribution in [0.3, 0.4) is 0 Å². The summed E-state index contributed by atoms with van der Waals surface area (Å²) in [5.74, 6) is -0.525. The van der Waals surface area contributed by atoms with Gasteiger partial charge < -0.3 is 21.3 Å². The molecule has 1 aliphatic heterocycles. The number of nitrogens with two attached hydrogens (primary N) is 1. The molecule has 1 aliphatic rings. The highest BCUT2D eigenvalue weighted by molar-refractivity contribution is 6.33. The van der Waals surface area contributed by atoms with Gasteiger partial charge in [0.1, 0.15) is 6.54 Å². The number of piperidine rings is 1. The lowest BCUT2D eigenvalue weighted by molar-refractivity contribution is -0.119. The number of rotatable bonds is 4. The maximum atomic E-state index is 12.4. The summed E-state index contributed by atoms with van der Waals surface area (Å²) < 4.78 is 0. The molecule has 21 heavy (non-hydrogen) atoms. The highest BCUT2D eigenvalue weighted by atomic mass is 35.5. The van der Waals surface area contributed by atoms with E-state index in [1.165, 1.54) is 4.90 Å². The fraction of sp³-hybridized carbons (Fsp3) is 0.429. The zero-order valence-corrected chi connectivity index (χ0v) is 12.4. The van der Waals surface area contributed by atoms with Crippen LogP contribution >= 0.6 is 11.6 Å². The van der Waals surface area contributed by atoms with Gasteiger partial charge in [0.05, 0.1) is 10.7 Å². The van der Waals surface area contributed by atoms with Crippen LogP contribution < -0.4 is 16.4 Å². The number of para-hydroxylation sites is 1. The summed E-state index contributed by atoms with van der Waals surface area (Å²) in [4.78, 5) is 25.2. The zero-order chi connectivity index (χ0) is 15.2. The molecule has 0 spiro atoms. The van der Waals surface area contributed by atoms with Gasteiger partial charge in [-0.2, -0.15) is 0 Å². The molecule has 0 aliphatic carbocycles. The molecule has 0 unspecified atom stereocenters. The molecule has 1 aromatic carbocycles. The Labute approximate surface area is 128 Å². The van der Waals surface area contributed by atoms with Gasteiger partial charge in [0, 0.05) is 6.04 Å². The van der Waals surface area contributed by atoms with Crippen molar-refractivity contribution in [2.45, 2.75) is 18.9 Å². The van der Waals surface area contributed by atoms with Crippen LogP contribution in [-0.4, -0.2) is 42.5 Å². The number of primary amides is 1. The number of carbonyl (C=O) groups is 2. The normalized spacial score (nSPS) is 15.5. The second-order valence-electron chi connectivity index (χ2n) is 4.99. The molecule has 4 N–H and O–H groups in total. The molecule has 6 nitrogen and oxygen atoms in total.